The topological polar surface area (TPSA) is 30.5 Å². The Morgan fingerprint density at radius 2 is 1.89 bits per heavy atom. The van der Waals surface area contributed by atoms with Crippen molar-refractivity contribution in [2.75, 3.05) is 13.2 Å². The molecule has 0 saturated carbocycles. The van der Waals surface area contributed by atoms with Crippen molar-refractivity contribution in [1.29, 1.82) is 0 Å². The monoisotopic (exact) mass is 261 g/mol. The van der Waals surface area contributed by atoms with Crippen LogP contribution < -0.4 is 5.32 Å². The number of hydrogen-bond acceptors (Lipinski definition) is 3. The van der Waals surface area contributed by atoms with E-state index >= 15 is 0 Å². The average Bonchev–Trinajstić information content (AvgIpc) is 2.42. The van der Waals surface area contributed by atoms with Crippen LogP contribution in [0.2, 0.25) is 0 Å². The van der Waals surface area contributed by atoms with Gasteiger partial charge < -0.3 is 14.8 Å². The number of rotatable bonds is 2. The molecule has 0 bridgehead atoms. The second-order valence-corrected chi connectivity index (χ2v) is 6.03. The summed E-state index contributed by atoms with van der Waals surface area (Å²) in [5, 5.41) is 3.70. The molecule has 104 valence electrons. The number of ether oxygens (including phenoxy) is 2. The molecule has 3 heteroatoms. The highest BCUT2D eigenvalue weighted by Crippen LogP contribution is 2.30. The van der Waals surface area contributed by atoms with Gasteiger partial charge in [-0.15, -0.1) is 0 Å². The molecular formula is C16H23NO2. The summed E-state index contributed by atoms with van der Waals surface area (Å²) in [4.78, 5) is 0. The molecule has 0 aromatic heterocycles. The molecule has 0 spiro atoms. The molecule has 1 aliphatic heterocycles. The van der Waals surface area contributed by atoms with Crippen molar-refractivity contribution < 1.29 is 9.47 Å². The molecule has 1 fully saturated rings. The van der Waals surface area contributed by atoms with E-state index < -0.39 is 5.79 Å². The van der Waals surface area contributed by atoms with Crippen LogP contribution in [0.3, 0.4) is 0 Å². The predicted molar refractivity (Wildman–Crippen MR) is 75.0 cm³/mol. The van der Waals surface area contributed by atoms with Gasteiger partial charge in [0.05, 0.1) is 19.3 Å². The summed E-state index contributed by atoms with van der Waals surface area (Å²) in [6, 6.07) is 9.51. The van der Waals surface area contributed by atoms with E-state index in [1.54, 1.807) is 0 Å². The van der Waals surface area contributed by atoms with Crippen molar-refractivity contribution in [2.45, 2.75) is 51.0 Å². The Labute approximate surface area is 115 Å². The molecular weight excluding hydrogens is 238 g/mol. The Hall–Kier alpha value is -0.900. The van der Waals surface area contributed by atoms with Crippen molar-refractivity contribution in [3.05, 3.63) is 35.4 Å². The van der Waals surface area contributed by atoms with Crippen molar-refractivity contribution >= 4 is 0 Å². The molecule has 1 saturated heterocycles. The minimum absolute atomic E-state index is 0.296. The zero-order valence-electron chi connectivity index (χ0n) is 11.8. The Bertz CT molecular complexity index is 434. The van der Waals surface area contributed by atoms with Gasteiger partial charge in [-0.1, -0.05) is 24.3 Å². The van der Waals surface area contributed by atoms with Gasteiger partial charge in [0.1, 0.15) is 0 Å². The highest BCUT2D eigenvalue weighted by Gasteiger charge is 2.30. The molecule has 1 N–H and O–H groups in total. The summed E-state index contributed by atoms with van der Waals surface area (Å²) in [5.74, 6) is -0.428. The molecule has 1 atom stereocenters. The van der Waals surface area contributed by atoms with E-state index in [9.17, 15) is 0 Å². The van der Waals surface area contributed by atoms with E-state index in [-0.39, 0.29) is 0 Å². The molecule has 19 heavy (non-hydrogen) atoms. The smallest absolute Gasteiger partial charge is 0.162 e. The number of nitrogens with one attached hydrogen (secondary N) is 1. The summed E-state index contributed by atoms with van der Waals surface area (Å²) in [7, 11) is 0. The maximum Gasteiger partial charge on any atom is 0.162 e. The van der Waals surface area contributed by atoms with Crippen molar-refractivity contribution in [2.24, 2.45) is 0 Å². The fourth-order valence-corrected chi connectivity index (χ4v) is 3.00. The first kappa shape index (κ1) is 13.1. The number of aryl methyl sites for hydroxylation is 1. The summed E-state index contributed by atoms with van der Waals surface area (Å²) >= 11 is 0. The van der Waals surface area contributed by atoms with Gasteiger partial charge >= 0.3 is 0 Å². The standard InChI is InChI=1S/C16H23NO2/c1-16(2)18-10-13(11-19-16)17-15-9-5-7-12-6-3-4-8-14(12)15/h3-4,6,8,13,15,17H,5,7,9-11H2,1-2H3. The van der Waals surface area contributed by atoms with Gasteiger partial charge in [0, 0.05) is 6.04 Å². The van der Waals surface area contributed by atoms with Gasteiger partial charge in [-0.05, 0) is 44.2 Å². The van der Waals surface area contributed by atoms with Gasteiger partial charge in [-0.3, -0.25) is 0 Å². The van der Waals surface area contributed by atoms with Crippen LogP contribution in [0, 0.1) is 0 Å². The minimum Gasteiger partial charge on any atom is -0.349 e. The maximum atomic E-state index is 5.72. The van der Waals surface area contributed by atoms with Crippen LogP contribution in [0.4, 0.5) is 0 Å². The Morgan fingerprint density at radius 3 is 2.68 bits per heavy atom. The van der Waals surface area contributed by atoms with Crippen molar-refractivity contribution in [3.8, 4) is 0 Å². The summed E-state index contributed by atoms with van der Waals surface area (Å²) in [5.41, 5.74) is 2.95. The molecule has 3 nitrogen and oxygen atoms in total. The third-order valence-electron chi connectivity index (χ3n) is 4.07. The summed E-state index contributed by atoms with van der Waals surface area (Å²) < 4.78 is 11.4. The van der Waals surface area contributed by atoms with Crippen LogP contribution in [-0.2, 0) is 15.9 Å². The molecule has 1 aliphatic carbocycles. The highest BCUT2D eigenvalue weighted by molar-refractivity contribution is 5.32. The Kier molecular flexibility index (Phi) is 3.61. The first-order valence-corrected chi connectivity index (χ1v) is 7.26. The van der Waals surface area contributed by atoms with E-state index in [4.69, 9.17) is 9.47 Å². The van der Waals surface area contributed by atoms with Gasteiger partial charge in [-0.2, -0.15) is 0 Å². The largest absolute Gasteiger partial charge is 0.349 e. The quantitative estimate of drug-likeness (QED) is 0.888. The lowest BCUT2D eigenvalue weighted by Gasteiger charge is -2.38. The molecule has 1 heterocycles. The Morgan fingerprint density at radius 1 is 1.16 bits per heavy atom. The summed E-state index contributed by atoms with van der Waals surface area (Å²) in [6.45, 7) is 5.40. The minimum atomic E-state index is -0.428. The van der Waals surface area contributed by atoms with E-state index in [0.717, 1.165) is 13.2 Å². The maximum absolute atomic E-state index is 5.72. The van der Waals surface area contributed by atoms with E-state index in [1.165, 1.54) is 30.4 Å². The van der Waals surface area contributed by atoms with E-state index in [1.807, 2.05) is 13.8 Å². The van der Waals surface area contributed by atoms with Crippen molar-refractivity contribution in [1.82, 2.24) is 5.32 Å². The second-order valence-electron chi connectivity index (χ2n) is 6.03. The highest BCUT2D eigenvalue weighted by atomic mass is 16.7. The average molecular weight is 261 g/mol. The van der Waals surface area contributed by atoms with Crippen LogP contribution >= 0.6 is 0 Å². The van der Waals surface area contributed by atoms with Crippen LogP contribution in [0.1, 0.15) is 43.9 Å². The third kappa shape index (κ3) is 2.99. The van der Waals surface area contributed by atoms with Gasteiger partial charge in [-0.25, -0.2) is 0 Å². The zero-order chi connectivity index (χ0) is 13.3. The van der Waals surface area contributed by atoms with E-state index in [2.05, 4.69) is 29.6 Å². The first-order chi connectivity index (χ1) is 9.14. The van der Waals surface area contributed by atoms with Crippen molar-refractivity contribution in [3.63, 3.8) is 0 Å². The molecule has 1 aromatic carbocycles. The Balaban J connectivity index is 1.65. The normalized spacial score (nSPS) is 26.9. The lowest BCUT2D eigenvalue weighted by molar-refractivity contribution is -0.253. The SMILES string of the molecule is CC1(C)OCC(NC2CCCc3ccccc32)CO1. The number of hydrogen-bond donors (Lipinski definition) is 1. The number of fused-ring (bicyclic) bond motifs is 1. The lowest BCUT2D eigenvalue weighted by atomic mass is 9.87. The van der Waals surface area contributed by atoms with Gasteiger partial charge in [0.15, 0.2) is 5.79 Å². The number of benzene rings is 1. The first-order valence-electron chi connectivity index (χ1n) is 7.26. The third-order valence-corrected chi connectivity index (χ3v) is 4.07. The molecule has 1 unspecified atom stereocenters. The molecule has 1 aromatic rings. The van der Waals surface area contributed by atoms with Gasteiger partial charge in [0.2, 0.25) is 0 Å². The summed E-state index contributed by atoms with van der Waals surface area (Å²) in [6.07, 6.45) is 3.67. The lowest BCUT2D eigenvalue weighted by Crippen LogP contribution is -2.49. The van der Waals surface area contributed by atoms with Gasteiger partial charge in [0.25, 0.3) is 0 Å². The fourth-order valence-electron chi connectivity index (χ4n) is 3.00. The molecule has 0 radical (unpaired) electrons. The molecule has 2 aliphatic rings. The molecule has 0 amide bonds. The van der Waals surface area contributed by atoms with Crippen LogP contribution in [0.15, 0.2) is 24.3 Å². The zero-order valence-corrected chi connectivity index (χ0v) is 11.8. The molecule has 3 rings (SSSR count). The van der Waals surface area contributed by atoms with E-state index in [0.29, 0.717) is 12.1 Å². The van der Waals surface area contributed by atoms with Crippen LogP contribution in [0.5, 0.6) is 0 Å². The van der Waals surface area contributed by atoms with Crippen LogP contribution in [-0.4, -0.2) is 25.0 Å². The van der Waals surface area contributed by atoms with Crippen LogP contribution in [0.25, 0.3) is 0 Å². The second kappa shape index (κ2) is 5.23. The predicted octanol–water partition coefficient (Wildman–Crippen LogP) is 2.81. The fraction of sp³-hybridized carbons (Fsp3) is 0.625.